The van der Waals surface area contributed by atoms with Crippen LogP contribution >= 0.6 is 11.3 Å². The second kappa shape index (κ2) is 2.23. The summed E-state index contributed by atoms with van der Waals surface area (Å²) >= 11 is 1.45. The van der Waals surface area contributed by atoms with Gasteiger partial charge in [0.25, 0.3) is 0 Å². The average Bonchev–Trinajstić information content (AvgIpc) is 2.14. The fraction of sp³-hybridized carbons (Fsp3) is 0. The molecule has 0 aliphatic heterocycles. The molecule has 1 rings (SSSR count). The Bertz CT molecular complexity index is 231. The van der Waals surface area contributed by atoms with E-state index in [4.69, 9.17) is 5.11 Å². The van der Waals surface area contributed by atoms with Gasteiger partial charge in [0.1, 0.15) is 0 Å². The highest BCUT2D eigenvalue weighted by Crippen LogP contribution is 2.01. The van der Waals surface area contributed by atoms with Gasteiger partial charge in [0.2, 0.25) is 0 Å². The summed E-state index contributed by atoms with van der Waals surface area (Å²) in [5, 5.41) is 10.0. The maximum Gasteiger partial charge on any atom is 0.336 e. The summed E-state index contributed by atoms with van der Waals surface area (Å²) in [7, 11) is 1.89. The summed E-state index contributed by atoms with van der Waals surface area (Å²) in [6.07, 6.45) is 0. The van der Waals surface area contributed by atoms with Crippen molar-refractivity contribution in [1.82, 2.24) is 0 Å². The molecule has 0 spiro atoms. The van der Waals surface area contributed by atoms with Crippen molar-refractivity contribution >= 4 is 29.9 Å². The molecule has 0 saturated heterocycles. The fourth-order valence-electron chi connectivity index (χ4n) is 0.556. The Morgan fingerprint density at radius 3 is 2.67 bits per heavy atom. The van der Waals surface area contributed by atoms with Gasteiger partial charge in [0.15, 0.2) is 7.85 Å². The summed E-state index contributed by atoms with van der Waals surface area (Å²) in [4.78, 5) is 10.2. The van der Waals surface area contributed by atoms with Gasteiger partial charge in [-0.1, -0.05) is 0 Å². The van der Waals surface area contributed by atoms with Gasteiger partial charge < -0.3 is 5.11 Å². The van der Waals surface area contributed by atoms with Crippen LogP contribution in [0.25, 0.3) is 0 Å². The van der Waals surface area contributed by atoms with Crippen molar-refractivity contribution in [2.45, 2.75) is 0 Å². The zero-order valence-electron chi connectivity index (χ0n) is 4.92. The van der Waals surface area contributed by atoms with Crippen molar-refractivity contribution in [3.8, 4) is 0 Å². The van der Waals surface area contributed by atoms with Gasteiger partial charge in [-0.3, -0.25) is 0 Å². The molecule has 0 atom stereocenters. The number of carboxylic acids is 1. The first kappa shape index (κ1) is 6.36. The zero-order valence-corrected chi connectivity index (χ0v) is 5.73. The molecule has 0 aliphatic carbocycles. The van der Waals surface area contributed by atoms with Crippen LogP contribution in [0.4, 0.5) is 0 Å². The first-order chi connectivity index (χ1) is 4.20. The highest BCUT2D eigenvalue weighted by molar-refractivity contribution is 7.18. The molecule has 0 saturated carbocycles. The number of aromatic carboxylic acids is 1. The Kier molecular flexibility index (Phi) is 1.57. The highest BCUT2D eigenvalue weighted by atomic mass is 32.1. The van der Waals surface area contributed by atoms with Crippen LogP contribution in [0.5, 0.6) is 0 Å². The Morgan fingerprint density at radius 1 is 1.78 bits per heavy atom. The lowest BCUT2D eigenvalue weighted by molar-refractivity contribution is 0.0697. The molecule has 0 aliphatic rings. The van der Waals surface area contributed by atoms with E-state index >= 15 is 0 Å². The van der Waals surface area contributed by atoms with Crippen LogP contribution in [-0.4, -0.2) is 18.9 Å². The highest BCUT2D eigenvalue weighted by Gasteiger charge is 2.01. The molecule has 1 heterocycles. The van der Waals surface area contributed by atoms with Crippen LogP contribution in [0.3, 0.4) is 0 Å². The topological polar surface area (TPSA) is 37.3 Å². The molecule has 1 aromatic rings. The number of rotatable bonds is 1. The first-order valence-electron chi connectivity index (χ1n) is 2.48. The number of thiophene rings is 1. The van der Waals surface area contributed by atoms with Crippen molar-refractivity contribution in [3.05, 3.63) is 17.0 Å². The Balaban J connectivity index is 2.98. The van der Waals surface area contributed by atoms with Crippen LogP contribution in [0.15, 0.2) is 11.4 Å². The number of carboxylic acid groups (broad SMARTS) is 1. The SMILES string of the molecule is Bc1cc(C(=O)O)cs1. The number of hydrogen-bond donors (Lipinski definition) is 1. The first-order valence-corrected chi connectivity index (χ1v) is 3.36. The number of hydrogen-bond acceptors (Lipinski definition) is 2. The summed E-state index contributed by atoms with van der Waals surface area (Å²) in [6, 6.07) is 1.66. The van der Waals surface area contributed by atoms with Crippen LogP contribution in [-0.2, 0) is 0 Å². The van der Waals surface area contributed by atoms with Gasteiger partial charge in [-0.25, -0.2) is 4.79 Å². The molecule has 0 unspecified atom stereocenters. The van der Waals surface area contributed by atoms with Gasteiger partial charge >= 0.3 is 5.97 Å². The molecular formula is C5H5BO2S. The molecule has 0 bridgehead atoms. The Morgan fingerprint density at radius 2 is 2.44 bits per heavy atom. The van der Waals surface area contributed by atoms with E-state index in [1.54, 1.807) is 11.4 Å². The Hall–Kier alpha value is -0.765. The van der Waals surface area contributed by atoms with E-state index in [0.29, 0.717) is 5.56 Å². The van der Waals surface area contributed by atoms with Crippen LogP contribution in [0.1, 0.15) is 10.4 Å². The van der Waals surface area contributed by atoms with E-state index in [0.717, 1.165) is 4.78 Å². The molecule has 0 aromatic carbocycles. The summed E-state index contributed by atoms with van der Waals surface area (Å²) in [5.41, 5.74) is 0.387. The van der Waals surface area contributed by atoms with E-state index in [9.17, 15) is 4.79 Å². The van der Waals surface area contributed by atoms with Crippen molar-refractivity contribution in [3.63, 3.8) is 0 Å². The van der Waals surface area contributed by atoms with Crippen molar-refractivity contribution in [2.75, 3.05) is 0 Å². The molecule has 1 N–H and O–H groups in total. The smallest absolute Gasteiger partial charge is 0.336 e. The molecule has 0 fully saturated rings. The Labute approximate surface area is 57.5 Å². The minimum atomic E-state index is -0.848. The standard InChI is InChI=1S/C5H5BO2S/c6-4-1-3(2-9-4)5(7)8/h1-2H,6H2,(H,7,8). The molecule has 1 aromatic heterocycles. The van der Waals surface area contributed by atoms with Gasteiger partial charge in [0, 0.05) is 5.38 Å². The minimum Gasteiger partial charge on any atom is -0.478 e. The van der Waals surface area contributed by atoms with Gasteiger partial charge in [-0.2, -0.15) is 11.3 Å². The largest absolute Gasteiger partial charge is 0.478 e. The molecule has 9 heavy (non-hydrogen) atoms. The van der Waals surface area contributed by atoms with E-state index in [1.807, 2.05) is 7.85 Å². The van der Waals surface area contributed by atoms with E-state index in [-0.39, 0.29) is 0 Å². The van der Waals surface area contributed by atoms with Crippen LogP contribution < -0.4 is 4.78 Å². The third-order valence-electron chi connectivity index (χ3n) is 0.978. The number of carbonyl (C=O) groups is 1. The van der Waals surface area contributed by atoms with Crippen LogP contribution in [0.2, 0.25) is 0 Å². The maximum atomic E-state index is 10.2. The predicted molar refractivity (Wildman–Crippen MR) is 39.5 cm³/mol. The van der Waals surface area contributed by atoms with Gasteiger partial charge in [0.05, 0.1) is 5.56 Å². The van der Waals surface area contributed by atoms with E-state index in [2.05, 4.69) is 0 Å². The van der Waals surface area contributed by atoms with E-state index in [1.165, 1.54) is 11.3 Å². The third kappa shape index (κ3) is 1.32. The molecule has 0 amide bonds. The monoisotopic (exact) mass is 140 g/mol. The molecule has 0 radical (unpaired) electrons. The van der Waals surface area contributed by atoms with Crippen molar-refractivity contribution < 1.29 is 9.90 Å². The second-order valence-corrected chi connectivity index (χ2v) is 2.87. The normalized spacial score (nSPS) is 9.33. The third-order valence-corrected chi connectivity index (χ3v) is 1.84. The molecule has 2 nitrogen and oxygen atoms in total. The summed E-state index contributed by atoms with van der Waals surface area (Å²) in [5.74, 6) is -0.848. The lowest BCUT2D eigenvalue weighted by Crippen LogP contribution is -1.96. The lowest BCUT2D eigenvalue weighted by Gasteiger charge is -1.80. The predicted octanol–water partition coefficient (Wildman–Crippen LogP) is -0.295. The maximum absolute atomic E-state index is 10.2. The molecule has 46 valence electrons. The quantitative estimate of drug-likeness (QED) is 0.544. The second-order valence-electron chi connectivity index (χ2n) is 1.75. The van der Waals surface area contributed by atoms with Crippen molar-refractivity contribution in [1.29, 1.82) is 0 Å². The van der Waals surface area contributed by atoms with Gasteiger partial charge in [-0.05, 0) is 10.8 Å². The van der Waals surface area contributed by atoms with Crippen LogP contribution in [0, 0.1) is 0 Å². The van der Waals surface area contributed by atoms with Gasteiger partial charge in [-0.15, -0.1) is 0 Å². The summed E-state index contributed by atoms with van der Waals surface area (Å²) in [6.45, 7) is 0. The summed E-state index contributed by atoms with van der Waals surface area (Å²) < 4.78 is 1.03. The van der Waals surface area contributed by atoms with Crippen molar-refractivity contribution in [2.24, 2.45) is 0 Å². The lowest BCUT2D eigenvalue weighted by atomic mass is 10.1. The molecule has 4 heteroatoms. The average molecular weight is 140 g/mol. The fourth-order valence-corrected chi connectivity index (χ4v) is 1.23. The van der Waals surface area contributed by atoms with E-state index < -0.39 is 5.97 Å². The minimum absolute atomic E-state index is 0.387. The zero-order chi connectivity index (χ0) is 6.85. The molecular weight excluding hydrogens is 135 g/mol.